The summed E-state index contributed by atoms with van der Waals surface area (Å²) in [5, 5.41) is 12.3. The quantitative estimate of drug-likeness (QED) is 0.909. The van der Waals surface area contributed by atoms with Crippen molar-refractivity contribution in [1.29, 1.82) is 0 Å². The Morgan fingerprint density at radius 2 is 2.47 bits per heavy atom. The molecule has 3 nitrogen and oxygen atoms in total. The van der Waals surface area contributed by atoms with E-state index in [4.69, 9.17) is 0 Å². The molecule has 3 unspecified atom stereocenters. The topological polar surface area (TPSA) is 37.5 Å². The molecule has 0 saturated heterocycles. The van der Waals surface area contributed by atoms with E-state index in [1.165, 1.54) is 19.3 Å². The van der Waals surface area contributed by atoms with Gasteiger partial charge in [0.2, 0.25) is 0 Å². The van der Waals surface area contributed by atoms with Crippen LogP contribution in [-0.2, 0) is 6.42 Å². The number of aliphatic hydroxyl groups excluding tert-OH is 1. The Kier molecular flexibility index (Phi) is 2.92. The van der Waals surface area contributed by atoms with Gasteiger partial charge in [0, 0.05) is 24.2 Å². The number of hydrogen-bond acceptors (Lipinski definition) is 3. The molecule has 2 aromatic heterocycles. The average Bonchev–Trinajstić information content (AvgIpc) is 2.92. The minimum Gasteiger partial charge on any atom is -0.392 e. The number of rotatable bonds is 3. The lowest BCUT2D eigenvalue weighted by Gasteiger charge is -2.16. The third kappa shape index (κ3) is 2.24. The number of aromatic nitrogens is 2. The van der Waals surface area contributed by atoms with Crippen LogP contribution in [0, 0.1) is 11.8 Å². The van der Waals surface area contributed by atoms with Crippen LogP contribution in [0.25, 0.3) is 4.96 Å². The fraction of sp³-hybridized carbons (Fsp3) is 0.615. The van der Waals surface area contributed by atoms with Crippen LogP contribution in [-0.4, -0.2) is 20.6 Å². The Bertz CT molecular complexity index is 476. The van der Waals surface area contributed by atoms with Crippen LogP contribution in [0.4, 0.5) is 0 Å². The Morgan fingerprint density at radius 1 is 1.59 bits per heavy atom. The van der Waals surface area contributed by atoms with E-state index in [1.54, 1.807) is 11.3 Å². The zero-order chi connectivity index (χ0) is 11.8. The molecule has 0 bridgehead atoms. The van der Waals surface area contributed by atoms with Gasteiger partial charge >= 0.3 is 0 Å². The van der Waals surface area contributed by atoms with Gasteiger partial charge in [-0.05, 0) is 24.7 Å². The average molecular weight is 250 g/mol. The molecule has 17 heavy (non-hydrogen) atoms. The molecule has 0 aliphatic heterocycles. The highest BCUT2D eigenvalue weighted by Crippen LogP contribution is 2.33. The first-order chi connectivity index (χ1) is 8.22. The zero-order valence-corrected chi connectivity index (χ0v) is 10.9. The van der Waals surface area contributed by atoms with Crippen LogP contribution < -0.4 is 0 Å². The molecule has 1 N–H and O–H groups in total. The number of thiazole rings is 1. The summed E-state index contributed by atoms with van der Waals surface area (Å²) >= 11 is 1.64. The summed E-state index contributed by atoms with van der Waals surface area (Å²) in [7, 11) is 0. The highest BCUT2D eigenvalue weighted by atomic mass is 32.1. The zero-order valence-electron chi connectivity index (χ0n) is 10.0. The smallest absolute Gasteiger partial charge is 0.193 e. The van der Waals surface area contributed by atoms with E-state index in [2.05, 4.69) is 11.9 Å². The van der Waals surface area contributed by atoms with Crippen LogP contribution in [0.2, 0.25) is 0 Å². The van der Waals surface area contributed by atoms with Gasteiger partial charge in [0.05, 0.1) is 11.8 Å². The van der Waals surface area contributed by atoms with Crippen molar-refractivity contribution in [3.8, 4) is 0 Å². The van der Waals surface area contributed by atoms with Gasteiger partial charge in [0.15, 0.2) is 4.96 Å². The SMILES string of the molecule is CC1CCC(C(O)Cc2cn3ccsc3n2)C1. The molecule has 1 aliphatic carbocycles. The summed E-state index contributed by atoms with van der Waals surface area (Å²) in [6.45, 7) is 2.28. The highest BCUT2D eigenvalue weighted by Gasteiger charge is 2.28. The minimum absolute atomic E-state index is 0.218. The van der Waals surface area contributed by atoms with E-state index in [0.717, 1.165) is 16.6 Å². The molecule has 3 rings (SSSR count). The predicted octanol–water partition coefficient (Wildman–Crippen LogP) is 2.74. The first-order valence-electron chi connectivity index (χ1n) is 6.31. The lowest BCUT2D eigenvalue weighted by Crippen LogP contribution is -2.20. The number of aliphatic hydroxyl groups is 1. The summed E-state index contributed by atoms with van der Waals surface area (Å²) in [5.74, 6) is 1.25. The van der Waals surface area contributed by atoms with Crippen molar-refractivity contribution in [2.45, 2.75) is 38.7 Å². The van der Waals surface area contributed by atoms with Crippen LogP contribution in [0.5, 0.6) is 0 Å². The molecule has 3 atom stereocenters. The molecule has 4 heteroatoms. The van der Waals surface area contributed by atoms with Crippen molar-refractivity contribution in [3.05, 3.63) is 23.5 Å². The van der Waals surface area contributed by atoms with Crippen LogP contribution in [0.3, 0.4) is 0 Å². The Morgan fingerprint density at radius 3 is 3.18 bits per heavy atom. The molecular formula is C13H18N2OS. The van der Waals surface area contributed by atoms with Gasteiger partial charge < -0.3 is 5.11 Å². The van der Waals surface area contributed by atoms with E-state index in [9.17, 15) is 5.11 Å². The van der Waals surface area contributed by atoms with E-state index >= 15 is 0 Å². The molecule has 0 aromatic carbocycles. The maximum Gasteiger partial charge on any atom is 0.193 e. The lowest BCUT2D eigenvalue weighted by atomic mass is 9.96. The molecule has 92 valence electrons. The molecule has 1 fully saturated rings. The standard InChI is InChI=1S/C13H18N2OS/c1-9-2-3-10(6-9)12(16)7-11-8-15-4-5-17-13(15)14-11/h4-5,8-10,12,16H,2-3,6-7H2,1H3. The van der Waals surface area contributed by atoms with Gasteiger partial charge in [-0.3, -0.25) is 4.40 Å². The van der Waals surface area contributed by atoms with E-state index < -0.39 is 0 Å². The van der Waals surface area contributed by atoms with Gasteiger partial charge in [-0.15, -0.1) is 11.3 Å². The maximum atomic E-state index is 10.2. The Hall–Kier alpha value is -0.870. The third-order valence-electron chi connectivity index (χ3n) is 3.84. The van der Waals surface area contributed by atoms with Gasteiger partial charge in [-0.1, -0.05) is 13.3 Å². The molecule has 2 heterocycles. The van der Waals surface area contributed by atoms with Gasteiger partial charge in [0.1, 0.15) is 0 Å². The van der Waals surface area contributed by atoms with Crippen molar-refractivity contribution in [2.75, 3.05) is 0 Å². The molecule has 0 spiro atoms. The summed E-state index contributed by atoms with van der Waals surface area (Å²) in [6.07, 6.45) is 8.14. The second kappa shape index (κ2) is 4.42. The largest absolute Gasteiger partial charge is 0.392 e. The van der Waals surface area contributed by atoms with E-state index in [0.29, 0.717) is 12.3 Å². The number of fused-ring (bicyclic) bond motifs is 1. The Labute approximate surface area is 105 Å². The maximum absolute atomic E-state index is 10.2. The van der Waals surface area contributed by atoms with Gasteiger partial charge in [0.25, 0.3) is 0 Å². The van der Waals surface area contributed by atoms with Crippen LogP contribution >= 0.6 is 11.3 Å². The van der Waals surface area contributed by atoms with Crippen molar-refractivity contribution in [1.82, 2.24) is 9.38 Å². The van der Waals surface area contributed by atoms with Gasteiger partial charge in [-0.2, -0.15) is 0 Å². The normalized spacial score (nSPS) is 26.7. The number of imidazole rings is 1. The first-order valence-corrected chi connectivity index (χ1v) is 7.19. The first kappa shape index (κ1) is 11.2. The van der Waals surface area contributed by atoms with Crippen molar-refractivity contribution < 1.29 is 5.11 Å². The monoisotopic (exact) mass is 250 g/mol. The summed E-state index contributed by atoms with van der Waals surface area (Å²) in [5.41, 5.74) is 1.02. The van der Waals surface area contributed by atoms with Gasteiger partial charge in [-0.25, -0.2) is 4.98 Å². The predicted molar refractivity (Wildman–Crippen MR) is 69.3 cm³/mol. The molecule has 0 amide bonds. The molecule has 1 aliphatic rings. The summed E-state index contributed by atoms with van der Waals surface area (Å²) in [4.78, 5) is 5.54. The highest BCUT2D eigenvalue weighted by molar-refractivity contribution is 7.15. The number of nitrogens with zero attached hydrogens (tertiary/aromatic N) is 2. The lowest BCUT2D eigenvalue weighted by molar-refractivity contribution is 0.108. The fourth-order valence-corrected chi connectivity index (χ4v) is 3.57. The van der Waals surface area contributed by atoms with E-state index in [-0.39, 0.29) is 6.10 Å². The third-order valence-corrected chi connectivity index (χ3v) is 4.61. The van der Waals surface area contributed by atoms with Crippen LogP contribution in [0.1, 0.15) is 31.9 Å². The van der Waals surface area contributed by atoms with Crippen molar-refractivity contribution in [2.24, 2.45) is 11.8 Å². The molecule has 2 aromatic rings. The summed E-state index contributed by atoms with van der Waals surface area (Å²) < 4.78 is 2.03. The van der Waals surface area contributed by atoms with Crippen molar-refractivity contribution in [3.63, 3.8) is 0 Å². The second-order valence-corrected chi connectivity index (χ2v) is 6.15. The van der Waals surface area contributed by atoms with Crippen molar-refractivity contribution >= 4 is 16.3 Å². The summed E-state index contributed by atoms with van der Waals surface area (Å²) in [6, 6.07) is 0. The minimum atomic E-state index is -0.218. The number of hydrogen-bond donors (Lipinski definition) is 1. The Balaban J connectivity index is 1.68. The fourth-order valence-electron chi connectivity index (χ4n) is 2.86. The van der Waals surface area contributed by atoms with Crippen LogP contribution in [0.15, 0.2) is 17.8 Å². The molecular weight excluding hydrogens is 232 g/mol. The van der Waals surface area contributed by atoms with E-state index in [1.807, 2.05) is 22.2 Å². The molecule has 0 radical (unpaired) electrons. The second-order valence-electron chi connectivity index (χ2n) is 5.27. The molecule has 1 saturated carbocycles.